The minimum atomic E-state index is -0.644. The summed E-state index contributed by atoms with van der Waals surface area (Å²) in [5.41, 5.74) is 5.60. The molecule has 2 aliphatic heterocycles. The van der Waals surface area contributed by atoms with E-state index < -0.39 is 29.6 Å². The second-order valence-electron chi connectivity index (χ2n) is 12.6. The summed E-state index contributed by atoms with van der Waals surface area (Å²) < 4.78 is 0. The molecule has 2 saturated heterocycles. The number of fused-ring (bicyclic) bond motifs is 1. The van der Waals surface area contributed by atoms with Gasteiger partial charge in [0.2, 0.25) is 23.6 Å². The zero-order chi connectivity index (χ0) is 30.6. The Kier molecular flexibility index (Phi) is 6.10. The van der Waals surface area contributed by atoms with Gasteiger partial charge in [-0.25, -0.2) is 9.80 Å². The van der Waals surface area contributed by atoms with Crippen LogP contribution < -0.4 is 9.80 Å². The van der Waals surface area contributed by atoms with Crippen molar-refractivity contribution in [2.75, 3.05) is 9.80 Å². The molecule has 6 aliphatic rings. The normalized spacial score (nSPS) is 30.3. The number of rotatable bonds is 3. The molecule has 0 N–H and O–H groups in total. The van der Waals surface area contributed by atoms with E-state index in [1.54, 1.807) is 24.3 Å². The Morgan fingerprint density at radius 3 is 1.82 bits per heavy atom. The molecule has 6 nitrogen and oxygen atoms in total. The summed E-state index contributed by atoms with van der Waals surface area (Å²) in [6.07, 6.45) is 4.45. The van der Waals surface area contributed by atoms with Crippen LogP contribution in [0.5, 0.6) is 0 Å². The summed E-state index contributed by atoms with van der Waals surface area (Å²) in [5, 5.41) is 0.964. The standard InChI is InChI=1S/C36H28Cl2N2O4/c1-17-8-10-20(14-26(17)37)39-33(41)25-16-24(19-6-4-3-5-7-19)28-22-12-13-23(29(28)32(25)36(39)44)31-30(22)34(42)40(35(31)43)21-11-9-18(2)27(38)15-21/h3-15,22-23,25,29-32H,16H2,1-2H3/t22-,23+,25-,29-,30+,31-,32+/m0/s1. The fourth-order valence-corrected chi connectivity index (χ4v) is 8.82. The van der Waals surface area contributed by atoms with E-state index in [4.69, 9.17) is 23.2 Å². The highest BCUT2D eigenvalue weighted by atomic mass is 35.5. The molecule has 0 unspecified atom stereocenters. The number of nitrogens with zero attached hydrogens (tertiary/aromatic N) is 2. The summed E-state index contributed by atoms with van der Waals surface area (Å²) in [7, 11) is 0. The number of allylic oxidation sites excluding steroid dienone is 4. The van der Waals surface area contributed by atoms with E-state index in [2.05, 4.69) is 6.08 Å². The molecule has 0 spiro atoms. The lowest BCUT2D eigenvalue weighted by atomic mass is 9.49. The maximum atomic E-state index is 14.4. The molecule has 3 fully saturated rings. The van der Waals surface area contributed by atoms with Gasteiger partial charge in [0.15, 0.2) is 0 Å². The van der Waals surface area contributed by atoms with Gasteiger partial charge >= 0.3 is 0 Å². The first-order valence-electron chi connectivity index (χ1n) is 14.9. The highest BCUT2D eigenvalue weighted by Crippen LogP contribution is 2.63. The lowest BCUT2D eigenvalue weighted by Crippen LogP contribution is -2.51. The second-order valence-corrected chi connectivity index (χ2v) is 13.4. The first-order chi connectivity index (χ1) is 21.2. The molecule has 220 valence electrons. The first kappa shape index (κ1) is 27.5. The summed E-state index contributed by atoms with van der Waals surface area (Å²) in [4.78, 5) is 59.4. The van der Waals surface area contributed by atoms with Gasteiger partial charge in [-0.1, -0.05) is 83.4 Å². The van der Waals surface area contributed by atoms with Crippen LogP contribution >= 0.6 is 23.2 Å². The molecule has 7 atom stereocenters. The number of aryl methyl sites for hydroxylation is 2. The van der Waals surface area contributed by atoms with Crippen molar-refractivity contribution in [1.82, 2.24) is 0 Å². The van der Waals surface area contributed by atoms with Crippen LogP contribution in [0.25, 0.3) is 5.57 Å². The zero-order valence-corrected chi connectivity index (χ0v) is 25.5. The summed E-state index contributed by atoms with van der Waals surface area (Å²) >= 11 is 12.8. The number of benzene rings is 3. The van der Waals surface area contributed by atoms with E-state index in [9.17, 15) is 19.2 Å². The third-order valence-electron chi connectivity index (χ3n) is 10.5. The van der Waals surface area contributed by atoms with Crippen molar-refractivity contribution in [3.05, 3.63) is 111 Å². The number of hydrogen-bond donors (Lipinski definition) is 0. The number of anilines is 2. The van der Waals surface area contributed by atoms with Crippen molar-refractivity contribution in [3.8, 4) is 0 Å². The van der Waals surface area contributed by atoms with Crippen LogP contribution in [0.1, 0.15) is 23.1 Å². The number of carbonyl (C=O) groups is 4. The average Bonchev–Trinajstić information content (AvgIpc) is 3.45. The number of amides is 4. The van der Waals surface area contributed by atoms with Crippen molar-refractivity contribution < 1.29 is 19.2 Å². The maximum absolute atomic E-state index is 14.4. The number of carbonyl (C=O) groups excluding carboxylic acids is 4. The van der Waals surface area contributed by atoms with Gasteiger partial charge in [-0.05, 0) is 72.7 Å². The lowest BCUT2D eigenvalue weighted by molar-refractivity contribution is -0.129. The predicted molar refractivity (Wildman–Crippen MR) is 169 cm³/mol. The molecular formula is C36H28Cl2N2O4. The lowest BCUT2D eigenvalue weighted by Gasteiger charge is -2.51. The molecule has 3 aromatic rings. The highest BCUT2D eigenvalue weighted by molar-refractivity contribution is 6.33. The highest BCUT2D eigenvalue weighted by Gasteiger charge is 2.67. The van der Waals surface area contributed by atoms with Crippen molar-refractivity contribution in [2.45, 2.75) is 20.3 Å². The van der Waals surface area contributed by atoms with Crippen LogP contribution in [0.15, 0.2) is 84.5 Å². The molecule has 44 heavy (non-hydrogen) atoms. The molecule has 0 aromatic heterocycles. The van der Waals surface area contributed by atoms with Crippen LogP contribution in [0.3, 0.4) is 0 Å². The van der Waals surface area contributed by atoms with Gasteiger partial charge in [0.05, 0.1) is 35.0 Å². The molecule has 2 heterocycles. The average molecular weight is 624 g/mol. The van der Waals surface area contributed by atoms with Crippen LogP contribution in [-0.4, -0.2) is 23.6 Å². The van der Waals surface area contributed by atoms with Crippen LogP contribution in [0.2, 0.25) is 10.0 Å². The molecule has 8 heteroatoms. The van der Waals surface area contributed by atoms with Crippen LogP contribution in [-0.2, 0) is 19.2 Å². The molecule has 2 bridgehead atoms. The Bertz CT molecular complexity index is 1880. The molecule has 0 radical (unpaired) electrons. The first-order valence-corrected chi connectivity index (χ1v) is 15.7. The van der Waals surface area contributed by atoms with Crippen molar-refractivity contribution >= 4 is 63.8 Å². The molecular weight excluding hydrogens is 595 g/mol. The van der Waals surface area contributed by atoms with Crippen molar-refractivity contribution in [1.29, 1.82) is 0 Å². The molecule has 4 amide bonds. The van der Waals surface area contributed by atoms with Gasteiger partial charge in [-0.2, -0.15) is 0 Å². The van der Waals surface area contributed by atoms with Crippen LogP contribution in [0.4, 0.5) is 11.4 Å². The quantitative estimate of drug-likeness (QED) is 0.237. The maximum Gasteiger partial charge on any atom is 0.238 e. The van der Waals surface area contributed by atoms with Gasteiger partial charge in [-0.3, -0.25) is 19.2 Å². The van der Waals surface area contributed by atoms with Gasteiger partial charge in [0, 0.05) is 21.9 Å². The Morgan fingerprint density at radius 1 is 0.636 bits per heavy atom. The van der Waals surface area contributed by atoms with E-state index in [1.165, 1.54) is 9.80 Å². The monoisotopic (exact) mass is 622 g/mol. The van der Waals surface area contributed by atoms with E-state index in [1.807, 2.05) is 62.4 Å². The van der Waals surface area contributed by atoms with E-state index in [0.717, 1.165) is 27.8 Å². The van der Waals surface area contributed by atoms with Crippen molar-refractivity contribution in [2.24, 2.45) is 41.4 Å². The number of hydrogen-bond acceptors (Lipinski definition) is 4. The minimum Gasteiger partial charge on any atom is -0.274 e. The fraction of sp³-hybridized carbons (Fsp3) is 0.278. The zero-order valence-electron chi connectivity index (χ0n) is 24.0. The van der Waals surface area contributed by atoms with Gasteiger partial charge in [0.25, 0.3) is 0 Å². The van der Waals surface area contributed by atoms with E-state index >= 15 is 0 Å². The third kappa shape index (κ3) is 3.67. The summed E-state index contributed by atoms with van der Waals surface area (Å²) in [5.74, 6) is -4.65. The molecule has 1 saturated carbocycles. The summed E-state index contributed by atoms with van der Waals surface area (Å²) in [6, 6.07) is 20.4. The van der Waals surface area contributed by atoms with Crippen molar-refractivity contribution in [3.63, 3.8) is 0 Å². The Balaban J connectivity index is 1.28. The van der Waals surface area contributed by atoms with Gasteiger partial charge in [0.1, 0.15) is 0 Å². The topological polar surface area (TPSA) is 74.8 Å². The third-order valence-corrected chi connectivity index (χ3v) is 11.3. The molecule has 3 aromatic carbocycles. The minimum absolute atomic E-state index is 0.246. The van der Waals surface area contributed by atoms with Gasteiger partial charge in [-0.15, -0.1) is 0 Å². The summed E-state index contributed by atoms with van der Waals surface area (Å²) in [6.45, 7) is 3.74. The Hall–Kier alpha value is -4.00. The fourth-order valence-electron chi connectivity index (χ4n) is 8.47. The largest absolute Gasteiger partial charge is 0.274 e. The molecule has 4 aliphatic carbocycles. The predicted octanol–water partition coefficient (Wildman–Crippen LogP) is 6.81. The second kappa shape index (κ2) is 9.75. The SMILES string of the molecule is Cc1ccc(N2C(=O)[C@H]3[C@@H]4C=C[C@@H](C5=C(c6ccccc6)C[C@@H]6C(=O)N(c7ccc(C)c(Cl)c7)C(=O)[C@H]6[C@H]54)[C@H]3C2=O)cc1Cl. The van der Waals surface area contributed by atoms with Crippen LogP contribution in [0, 0.1) is 55.3 Å². The van der Waals surface area contributed by atoms with E-state index in [0.29, 0.717) is 27.8 Å². The smallest absolute Gasteiger partial charge is 0.238 e. The Morgan fingerprint density at radius 2 is 1.20 bits per heavy atom. The number of imide groups is 2. The molecule has 9 rings (SSSR count). The van der Waals surface area contributed by atoms with E-state index in [-0.39, 0.29) is 35.5 Å². The van der Waals surface area contributed by atoms with Gasteiger partial charge < -0.3 is 0 Å². The Labute approximate surface area is 264 Å². The number of halogens is 2.